The van der Waals surface area contributed by atoms with Crippen molar-refractivity contribution in [3.63, 3.8) is 0 Å². The first-order valence-electron chi connectivity index (χ1n) is 11.2. The van der Waals surface area contributed by atoms with Crippen LogP contribution in [0.3, 0.4) is 0 Å². The highest BCUT2D eigenvalue weighted by Gasteiger charge is 2.47. The van der Waals surface area contributed by atoms with Crippen LogP contribution in [-0.2, 0) is 19.1 Å². The van der Waals surface area contributed by atoms with E-state index in [2.05, 4.69) is 34.6 Å². The summed E-state index contributed by atoms with van der Waals surface area (Å²) in [7, 11) is 0. The molecular formula is C26H34N2O4. The molecule has 1 saturated heterocycles. The van der Waals surface area contributed by atoms with Crippen molar-refractivity contribution in [3.8, 4) is 0 Å². The van der Waals surface area contributed by atoms with Gasteiger partial charge in [-0.2, -0.15) is 5.10 Å². The van der Waals surface area contributed by atoms with E-state index in [1.54, 1.807) is 26.0 Å². The SMILES string of the molecule is C=CCC(CC=C=C(C)CC/C=N/N1CC1c1ccccc1)(C(=O)OCC)C(=O)OCC. The van der Waals surface area contributed by atoms with Crippen LogP contribution in [0.4, 0.5) is 0 Å². The normalized spacial score (nSPS) is 15.1. The Kier molecular flexibility index (Phi) is 9.96. The fourth-order valence-corrected chi connectivity index (χ4v) is 3.41. The molecule has 1 fully saturated rings. The van der Waals surface area contributed by atoms with Gasteiger partial charge in [-0.15, -0.1) is 12.3 Å². The number of allylic oxidation sites excluding steroid dienone is 2. The van der Waals surface area contributed by atoms with Crippen molar-refractivity contribution in [1.82, 2.24) is 5.01 Å². The summed E-state index contributed by atoms with van der Waals surface area (Å²) in [5.74, 6) is -1.18. The molecule has 0 bridgehead atoms. The second-order valence-electron chi connectivity index (χ2n) is 7.73. The van der Waals surface area contributed by atoms with Crippen LogP contribution in [0, 0.1) is 5.41 Å². The maximum atomic E-state index is 12.6. The summed E-state index contributed by atoms with van der Waals surface area (Å²) >= 11 is 0. The van der Waals surface area contributed by atoms with E-state index < -0.39 is 17.4 Å². The number of ether oxygens (including phenoxy) is 2. The minimum atomic E-state index is -1.42. The summed E-state index contributed by atoms with van der Waals surface area (Å²) in [5.41, 5.74) is 4.08. The minimum absolute atomic E-state index is 0.146. The number of nitrogens with zero attached hydrogens (tertiary/aromatic N) is 2. The van der Waals surface area contributed by atoms with Crippen molar-refractivity contribution in [3.05, 3.63) is 65.9 Å². The molecule has 1 aromatic rings. The van der Waals surface area contributed by atoms with Crippen molar-refractivity contribution < 1.29 is 19.1 Å². The number of carbonyl (C=O) groups excluding carboxylic acids is 2. The molecule has 32 heavy (non-hydrogen) atoms. The first kappa shape index (κ1) is 25.2. The largest absolute Gasteiger partial charge is 0.465 e. The molecule has 1 atom stereocenters. The smallest absolute Gasteiger partial charge is 0.324 e. The average Bonchev–Trinajstić information content (AvgIpc) is 3.56. The lowest BCUT2D eigenvalue weighted by atomic mass is 9.81. The summed E-state index contributed by atoms with van der Waals surface area (Å²) in [4.78, 5) is 25.2. The average molecular weight is 439 g/mol. The molecule has 0 aliphatic carbocycles. The van der Waals surface area contributed by atoms with Crippen LogP contribution in [0.1, 0.15) is 58.1 Å². The van der Waals surface area contributed by atoms with Gasteiger partial charge in [0, 0.05) is 6.21 Å². The van der Waals surface area contributed by atoms with E-state index in [0.717, 1.165) is 25.0 Å². The predicted octanol–water partition coefficient (Wildman–Crippen LogP) is 4.99. The molecule has 1 heterocycles. The third-order valence-electron chi connectivity index (χ3n) is 5.27. The van der Waals surface area contributed by atoms with Gasteiger partial charge in [-0.1, -0.05) is 36.4 Å². The van der Waals surface area contributed by atoms with Gasteiger partial charge >= 0.3 is 11.9 Å². The topological polar surface area (TPSA) is 68.0 Å². The van der Waals surface area contributed by atoms with Crippen molar-refractivity contribution in [1.29, 1.82) is 0 Å². The maximum absolute atomic E-state index is 12.6. The van der Waals surface area contributed by atoms with Crippen molar-refractivity contribution in [2.24, 2.45) is 10.5 Å². The maximum Gasteiger partial charge on any atom is 0.324 e. The summed E-state index contributed by atoms with van der Waals surface area (Å²) in [6, 6.07) is 10.7. The Bertz CT molecular complexity index is 851. The molecule has 0 N–H and O–H groups in total. The quantitative estimate of drug-likeness (QED) is 0.108. The predicted molar refractivity (Wildman–Crippen MR) is 126 cm³/mol. The van der Waals surface area contributed by atoms with Crippen molar-refractivity contribution in [2.75, 3.05) is 19.8 Å². The summed E-state index contributed by atoms with van der Waals surface area (Å²) in [6.45, 7) is 10.4. The Morgan fingerprint density at radius 2 is 1.84 bits per heavy atom. The van der Waals surface area contributed by atoms with E-state index in [1.807, 2.05) is 31.3 Å². The Balaban J connectivity index is 1.94. The molecule has 1 aromatic carbocycles. The van der Waals surface area contributed by atoms with Crippen molar-refractivity contribution >= 4 is 18.2 Å². The van der Waals surface area contributed by atoms with Gasteiger partial charge in [-0.25, -0.2) is 0 Å². The fraction of sp³-hybridized carbons (Fsp3) is 0.462. The molecule has 0 amide bonds. The highest BCUT2D eigenvalue weighted by molar-refractivity contribution is 6.00. The second kappa shape index (κ2) is 12.7. The van der Waals surface area contributed by atoms with Gasteiger partial charge in [0.25, 0.3) is 0 Å². The number of carbonyl (C=O) groups is 2. The van der Waals surface area contributed by atoms with Crippen LogP contribution in [0.15, 0.2) is 65.5 Å². The molecule has 6 heteroatoms. The molecule has 2 rings (SSSR count). The standard InChI is InChI=1S/C26H34N2O4/c1-5-17-26(24(29)31-6-2,25(30)32-7-3)18-11-13-21(4)14-12-19-27-28-20-23(28)22-15-9-8-10-16-22/h5,8-11,15-16,19,23H,1,6-7,12,14,17-18,20H2,2-4H3/b27-19+. The molecular weight excluding hydrogens is 404 g/mol. The van der Waals surface area contributed by atoms with E-state index in [-0.39, 0.29) is 26.1 Å². The summed E-state index contributed by atoms with van der Waals surface area (Å²) in [5, 5.41) is 6.58. The number of rotatable bonds is 13. The Labute approximate surface area is 191 Å². The third kappa shape index (κ3) is 6.96. The van der Waals surface area contributed by atoms with Gasteiger partial charge in [-0.3, -0.25) is 14.6 Å². The number of hydrogen-bond acceptors (Lipinski definition) is 6. The molecule has 172 valence electrons. The Morgan fingerprint density at radius 3 is 2.44 bits per heavy atom. The molecule has 1 unspecified atom stereocenters. The van der Waals surface area contributed by atoms with E-state index in [0.29, 0.717) is 6.04 Å². The van der Waals surface area contributed by atoms with E-state index in [1.165, 1.54) is 5.56 Å². The molecule has 0 radical (unpaired) electrons. The number of esters is 2. The zero-order chi connectivity index (χ0) is 23.4. The molecule has 0 spiro atoms. The Hall–Kier alpha value is -3.11. The van der Waals surface area contributed by atoms with Crippen LogP contribution >= 0.6 is 0 Å². The Morgan fingerprint density at radius 1 is 1.19 bits per heavy atom. The zero-order valence-corrected chi connectivity index (χ0v) is 19.4. The van der Waals surface area contributed by atoms with Gasteiger partial charge in [0.05, 0.1) is 25.8 Å². The lowest BCUT2D eigenvalue weighted by molar-refractivity contribution is -0.171. The van der Waals surface area contributed by atoms with E-state index >= 15 is 0 Å². The summed E-state index contributed by atoms with van der Waals surface area (Å²) in [6.07, 6.45) is 7.06. The van der Waals surface area contributed by atoms with Crippen molar-refractivity contribution in [2.45, 2.75) is 52.5 Å². The number of hydrogen-bond donors (Lipinski definition) is 0. The molecule has 0 saturated carbocycles. The second-order valence-corrected chi connectivity index (χ2v) is 7.73. The van der Waals surface area contributed by atoms with E-state index in [4.69, 9.17) is 9.47 Å². The van der Waals surface area contributed by atoms with Crippen LogP contribution < -0.4 is 0 Å². The molecule has 6 nitrogen and oxygen atoms in total. The van der Waals surface area contributed by atoms with Gasteiger partial charge in [0.1, 0.15) is 0 Å². The van der Waals surface area contributed by atoms with Crippen LogP contribution in [-0.4, -0.2) is 42.9 Å². The monoisotopic (exact) mass is 438 g/mol. The van der Waals surface area contributed by atoms with E-state index in [9.17, 15) is 9.59 Å². The van der Waals surface area contributed by atoms with Gasteiger partial charge in [-0.05, 0) is 63.7 Å². The summed E-state index contributed by atoms with van der Waals surface area (Å²) < 4.78 is 10.3. The lowest BCUT2D eigenvalue weighted by Crippen LogP contribution is -2.41. The van der Waals surface area contributed by atoms with Gasteiger partial charge < -0.3 is 9.47 Å². The number of hydrazone groups is 1. The molecule has 1 aliphatic rings. The first-order valence-corrected chi connectivity index (χ1v) is 11.2. The van der Waals surface area contributed by atoms with Gasteiger partial charge in [0.2, 0.25) is 0 Å². The third-order valence-corrected chi connectivity index (χ3v) is 5.27. The fourth-order valence-electron chi connectivity index (χ4n) is 3.41. The van der Waals surface area contributed by atoms with Crippen LogP contribution in [0.2, 0.25) is 0 Å². The minimum Gasteiger partial charge on any atom is -0.465 e. The molecule has 1 aliphatic heterocycles. The highest BCUT2D eigenvalue weighted by atomic mass is 16.6. The van der Waals surface area contributed by atoms with Crippen LogP contribution in [0.5, 0.6) is 0 Å². The first-order chi connectivity index (χ1) is 15.5. The van der Waals surface area contributed by atoms with Gasteiger partial charge in [0.15, 0.2) is 5.41 Å². The molecule has 0 aromatic heterocycles. The zero-order valence-electron chi connectivity index (χ0n) is 19.4. The number of benzene rings is 1. The van der Waals surface area contributed by atoms with Crippen LogP contribution in [0.25, 0.3) is 0 Å². The lowest BCUT2D eigenvalue weighted by Gasteiger charge is -2.26. The highest BCUT2D eigenvalue weighted by Crippen LogP contribution is 2.34.